The molecule has 2 aliphatic rings. The Morgan fingerprint density at radius 2 is 2.05 bits per heavy atom. The highest BCUT2D eigenvalue weighted by atomic mass is 16.5. The number of hydrogen-bond donors (Lipinski definition) is 1. The maximum absolute atomic E-state index is 9.88. The first-order valence-electron chi connectivity index (χ1n) is 6.89. The van der Waals surface area contributed by atoms with Gasteiger partial charge in [-0.3, -0.25) is 4.90 Å². The summed E-state index contributed by atoms with van der Waals surface area (Å²) in [5.74, 6) is 1.47. The van der Waals surface area contributed by atoms with Crippen LogP contribution in [0.25, 0.3) is 0 Å². The third-order valence-electron chi connectivity index (χ3n) is 3.97. The monoisotopic (exact) mass is 280 g/mol. The molecule has 2 saturated heterocycles. The molecule has 3 heterocycles. The molecule has 0 bridgehead atoms. The molecule has 1 N–H and O–H groups in total. The summed E-state index contributed by atoms with van der Waals surface area (Å²) in [6.07, 6.45) is 1.16. The minimum absolute atomic E-state index is 0.136. The van der Waals surface area contributed by atoms with Gasteiger partial charge in [-0.25, -0.2) is 9.97 Å². The molecule has 1 aromatic rings. The van der Waals surface area contributed by atoms with Crippen molar-refractivity contribution in [3.8, 4) is 5.88 Å². The fourth-order valence-electron chi connectivity index (χ4n) is 2.78. The highest BCUT2D eigenvalue weighted by Crippen LogP contribution is 2.20. The maximum atomic E-state index is 9.88. The number of piperazine rings is 1. The zero-order valence-corrected chi connectivity index (χ0v) is 11.6. The molecule has 2 fully saturated rings. The number of nitrogens with zero attached hydrogens (tertiary/aromatic N) is 4. The van der Waals surface area contributed by atoms with E-state index >= 15 is 0 Å². The number of methoxy groups -OCH3 is 1. The lowest BCUT2D eigenvalue weighted by Crippen LogP contribution is -2.53. The normalized spacial score (nSPS) is 27.8. The summed E-state index contributed by atoms with van der Waals surface area (Å²) in [4.78, 5) is 12.8. The number of hydrogen-bond acceptors (Lipinski definition) is 7. The molecular formula is C13H20N4O3. The first-order valence-corrected chi connectivity index (χ1v) is 6.89. The number of rotatable bonds is 3. The van der Waals surface area contributed by atoms with E-state index in [2.05, 4.69) is 19.8 Å². The zero-order chi connectivity index (χ0) is 13.9. The van der Waals surface area contributed by atoms with Crippen molar-refractivity contribution in [2.75, 3.05) is 51.4 Å². The van der Waals surface area contributed by atoms with Gasteiger partial charge in [0.2, 0.25) is 5.88 Å². The molecule has 1 aromatic heterocycles. The molecule has 7 heteroatoms. The van der Waals surface area contributed by atoms with Crippen molar-refractivity contribution in [3.05, 3.63) is 12.4 Å². The Labute approximate surface area is 118 Å². The fourth-order valence-corrected chi connectivity index (χ4v) is 2.78. The van der Waals surface area contributed by atoms with Gasteiger partial charge in [0, 0.05) is 32.2 Å². The largest absolute Gasteiger partial charge is 0.481 e. The van der Waals surface area contributed by atoms with Gasteiger partial charge in [-0.05, 0) is 0 Å². The SMILES string of the molecule is COc1cc(N2CCN(C3COCC3O)CC2)ncn1. The van der Waals surface area contributed by atoms with Crippen LogP contribution in [0.1, 0.15) is 0 Å². The van der Waals surface area contributed by atoms with E-state index in [1.54, 1.807) is 7.11 Å². The Morgan fingerprint density at radius 3 is 2.70 bits per heavy atom. The van der Waals surface area contributed by atoms with Crippen molar-refractivity contribution in [3.63, 3.8) is 0 Å². The second-order valence-corrected chi connectivity index (χ2v) is 5.11. The van der Waals surface area contributed by atoms with E-state index in [1.165, 1.54) is 6.33 Å². The molecule has 0 amide bonds. The Hall–Kier alpha value is -1.44. The van der Waals surface area contributed by atoms with Crippen molar-refractivity contribution in [2.24, 2.45) is 0 Å². The zero-order valence-electron chi connectivity index (χ0n) is 11.6. The summed E-state index contributed by atoms with van der Waals surface area (Å²) in [5, 5.41) is 9.88. The van der Waals surface area contributed by atoms with Crippen LogP contribution < -0.4 is 9.64 Å². The smallest absolute Gasteiger partial charge is 0.218 e. The topological polar surface area (TPSA) is 71.0 Å². The van der Waals surface area contributed by atoms with E-state index < -0.39 is 0 Å². The van der Waals surface area contributed by atoms with Gasteiger partial charge in [0.1, 0.15) is 12.1 Å². The van der Waals surface area contributed by atoms with E-state index in [0.29, 0.717) is 19.1 Å². The van der Waals surface area contributed by atoms with Crippen molar-refractivity contribution in [1.29, 1.82) is 0 Å². The first kappa shape index (κ1) is 13.5. The van der Waals surface area contributed by atoms with Gasteiger partial charge in [0.15, 0.2) is 0 Å². The molecule has 0 spiro atoms. The number of aliphatic hydroxyl groups excluding tert-OH is 1. The highest BCUT2D eigenvalue weighted by Gasteiger charge is 2.33. The molecule has 2 atom stereocenters. The van der Waals surface area contributed by atoms with Crippen LogP contribution in [0.2, 0.25) is 0 Å². The fraction of sp³-hybridized carbons (Fsp3) is 0.692. The van der Waals surface area contributed by atoms with Crippen LogP contribution in [-0.2, 0) is 4.74 Å². The maximum Gasteiger partial charge on any atom is 0.218 e. The third kappa shape index (κ3) is 2.70. The van der Waals surface area contributed by atoms with Crippen molar-refractivity contribution in [1.82, 2.24) is 14.9 Å². The second kappa shape index (κ2) is 5.90. The molecule has 20 heavy (non-hydrogen) atoms. The van der Waals surface area contributed by atoms with E-state index in [0.717, 1.165) is 32.0 Å². The van der Waals surface area contributed by atoms with Gasteiger partial charge in [0.25, 0.3) is 0 Å². The average Bonchev–Trinajstić information content (AvgIpc) is 2.94. The second-order valence-electron chi connectivity index (χ2n) is 5.11. The van der Waals surface area contributed by atoms with Gasteiger partial charge < -0.3 is 19.5 Å². The first-order chi connectivity index (χ1) is 9.78. The van der Waals surface area contributed by atoms with Gasteiger partial charge in [-0.15, -0.1) is 0 Å². The standard InChI is InChI=1S/C13H20N4O3/c1-19-13-6-12(14-9-15-13)17-4-2-16(3-5-17)10-7-20-8-11(10)18/h6,9-11,18H,2-5,7-8H2,1H3. The minimum Gasteiger partial charge on any atom is -0.481 e. The van der Waals surface area contributed by atoms with E-state index in [9.17, 15) is 5.11 Å². The van der Waals surface area contributed by atoms with Crippen LogP contribution in [0, 0.1) is 0 Å². The lowest BCUT2D eigenvalue weighted by Gasteiger charge is -2.38. The number of aromatic nitrogens is 2. The van der Waals surface area contributed by atoms with Crippen molar-refractivity contribution >= 4 is 5.82 Å². The molecule has 0 saturated carbocycles. The van der Waals surface area contributed by atoms with Crippen LogP contribution in [-0.4, -0.2) is 78.6 Å². The molecule has 2 aliphatic heterocycles. The molecule has 2 unspecified atom stereocenters. The number of aliphatic hydroxyl groups is 1. The highest BCUT2D eigenvalue weighted by molar-refractivity contribution is 5.41. The lowest BCUT2D eigenvalue weighted by molar-refractivity contribution is 0.0784. The Bertz CT molecular complexity index is 451. The predicted molar refractivity (Wildman–Crippen MR) is 73.0 cm³/mol. The minimum atomic E-state index is -0.360. The molecule has 3 rings (SSSR count). The van der Waals surface area contributed by atoms with Crippen LogP contribution in [0.3, 0.4) is 0 Å². The quantitative estimate of drug-likeness (QED) is 0.790. The molecular weight excluding hydrogens is 260 g/mol. The molecule has 0 radical (unpaired) electrons. The Morgan fingerprint density at radius 1 is 1.25 bits per heavy atom. The van der Waals surface area contributed by atoms with E-state index in [4.69, 9.17) is 9.47 Å². The Balaban J connectivity index is 1.60. The number of ether oxygens (including phenoxy) is 2. The van der Waals surface area contributed by atoms with E-state index in [1.807, 2.05) is 6.07 Å². The molecule has 110 valence electrons. The molecule has 0 aliphatic carbocycles. The Kier molecular flexibility index (Phi) is 4.00. The van der Waals surface area contributed by atoms with Gasteiger partial charge in [-0.1, -0.05) is 0 Å². The number of anilines is 1. The summed E-state index contributed by atoms with van der Waals surface area (Å²) in [6, 6.07) is 1.99. The van der Waals surface area contributed by atoms with Crippen molar-refractivity contribution in [2.45, 2.75) is 12.1 Å². The van der Waals surface area contributed by atoms with Crippen LogP contribution in [0.4, 0.5) is 5.82 Å². The summed E-state index contributed by atoms with van der Waals surface area (Å²) in [6.45, 7) is 4.64. The van der Waals surface area contributed by atoms with Gasteiger partial charge >= 0.3 is 0 Å². The summed E-state index contributed by atoms with van der Waals surface area (Å²) in [7, 11) is 1.60. The third-order valence-corrected chi connectivity index (χ3v) is 3.97. The van der Waals surface area contributed by atoms with Crippen LogP contribution in [0.5, 0.6) is 5.88 Å². The molecule has 7 nitrogen and oxygen atoms in total. The van der Waals surface area contributed by atoms with Crippen LogP contribution in [0.15, 0.2) is 12.4 Å². The summed E-state index contributed by atoms with van der Waals surface area (Å²) in [5.41, 5.74) is 0. The van der Waals surface area contributed by atoms with Crippen molar-refractivity contribution < 1.29 is 14.6 Å². The predicted octanol–water partition coefficient (Wildman–Crippen LogP) is -0.633. The van der Waals surface area contributed by atoms with Crippen LogP contribution >= 0.6 is 0 Å². The molecule has 0 aromatic carbocycles. The van der Waals surface area contributed by atoms with Gasteiger partial charge in [0.05, 0.1) is 32.5 Å². The average molecular weight is 280 g/mol. The lowest BCUT2D eigenvalue weighted by atomic mass is 10.1. The summed E-state index contributed by atoms with van der Waals surface area (Å²) < 4.78 is 10.4. The summed E-state index contributed by atoms with van der Waals surface area (Å²) >= 11 is 0. The van der Waals surface area contributed by atoms with Gasteiger partial charge in [-0.2, -0.15) is 0 Å². The van der Waals surface area contributed by atoms with E-state index in [-0.39, 0.29) is 12.1 Å².